The predicted octanol–water partition coefficient (Wildman–Crippen LogP) is 2.49. The van der Waals surface area contributed by atoms with Crippen LogP contribution in [0.25, 0.3) is 0 Å². The lowest BCUT2D eigenvalue weighted by atomic mass is 9.93. The topological polar surface area (TPSA) is 17.1 Å². The van der Waals surface area contributed by atoms with Gasteiger partial charge in [0.2, 0.25) is 0 Å². The average Bonchev–Trinajstić information content (AvgIpc) is 2.05. The Balaban J connectivity index is 2.60. The van der Waals surface area contributed by atoms with E-state index in [1.54, 1.807) is 6.92 Å². The number of Topliss-reactive ketones (excluding diaryl/α,β-unsaturated/α-hetero) is 1. The molecule has 0 saturated heterocycles. The van der Waals surface area contributed by atoms with Crippen LogP contribution in [0.5, 0.6) is 0 Å². The fourth-order valence-electron chi connectivity index (χ4n) is 1.23. The molecule has 1 heteroatoms. The summed E-state index contributed by atoms with van der Waals surface area (Å²) in [5.74, 6) is 0.828. The van der Waals surface area contributed by atoms with E-state index in [0.29, 0.717) is 5.92 Å². The fraction of sp³-hybridized carbons (Fsp3) is 0.500. The molecule has 1 aliphatic rings. The molecule has 0 bridgehead atoms. The molecule has 0 fully saturated rings. The molecule has 11 heavy (non-hydrogen) atoms. The van der Waals surface area contributed by atoms with Crippen molar-refractivity contribution >= 4 is 5.78 Å². The van der Waals surface area contributed by atoms with Gasteiger partial charge >= 0.3 is 0 Å². The van der Waals surface area contributed by atoms with E-state index in [0.717, 1.165) is 18.4 Å². The summed E-state index contributed by atoms with van der Waals surface area (Å²) in [6.45, 7) is 3.78. The normalized spacial score (nSPS) is 23.1. The molecule has 0 aliphatic heterocycles. The molecule has 0 heterocycles. The Kier molecular flexibility index (Phi) is 2.64. The Morgan fingerprint density at radius 1 is 1.73 bits per heavy atom. The van der Waals surface area contributed by atoms with Crippen LogP contribution in [0.3, 0.4) is 0 Å². The van der Waals surface area contributed by atoms with Gasteiger partial charge in [0, 0.05) is 5.57 Å². The molecule has 0 N–H and O–H groups in total. The van der Waals surface area contributed by atoms with E-state index >= 15 is 0 Å². The van der Waals surface area contributed by atoms with Crippen molar-refractivity contribution in [3.05, 3.63) is 23.8 Å². The molecule has 0 saturated carbocycles. The lowest BCUT2D eigenvalue weighted by molar-refractivity contribution is -0.113. The van der Waals surface area contributed by atoms with E-state index < -0.39 is 0 Å². The van der Waals surface area contributed by atoms with Crippen LogP contribution in [0.2, 0.25) is 0 Å². The quantitative estimate of drug-likeness (QED) is 0.591. The zero-order valence-electron chi connectivity index (χ0n) is 7.13. The summed E-state index contributed by atoms with van der Waals surface area (Å²) in [6.07, 6.45) is 8.31. The molecule has 1 nitrogen and oxygen atoms in total. The lowest BCUT2D eigenvalue weighted by Gasteiger charge is -2.11. The Morgan fingerprint density at radius 3 is 2.82 bits per heavy atom. The van der Waals surface area contributed by atoms with Crippen molar-refractivity contribution in [1.82, 2.24) is 0 Å². The van der Waals surface area contributed by atoms with Gasteiger partial charge in [-0.3, -0.25) is 4.79 Å². The number of carbonyl (C=O) groups excluding carboxylic acids is 1. The third-order valence-corrected chi connectivity index (χ3v) is 2.12. The summed E-state index contributed by atoms with van der Waals surface area (Å²) < 4.78 is 0. The first kappa shape index (κ1) is 8.25. The van der Waals surface area contributed by atoms with Crippen LogP contribution in [0.4, 0.5) is 0 Å². The van der Waals surface area contributed by atoms with E-state index in [2.05, 4.69) is 13.0 Å². The smallest absolute Gasteiger partial charge is 0.159 e. The van der Waals surface area contributed by atoms with Crippen LogP contribution in [-0.2, 0) is 4.79 Å². The average molecular weight is 150 g/mol. The highest BCUT2D eigenvalue weighted by Gasteiger charge is 2.08. The fourth-order valence-corrected chi connectivity index (χ4v) is 1.23. The molecular formula is C10H14O. The first-order valence-corrected chi connectivity index (χ1v) is 4.13. The predicted molar refractivity (Wildman–Crippen MR) is 46.3 cm³/mol. The largest absolute Gasteiger partial charge is 0.295 e. The molecule has 1 unspecified atom stereocenters. The van der Waals surface area contributed by atoms with Gasteiger partial charge in [0.15, 0.2) is 5.78 Å². The minimum absolute atomic E-state index is 0.177. The van der Waals surface area contributed by atoms with Crippen molar-refractivity contribution in [1.29, 1.82) is 0 Å². The van der Waals surface area contributed by atoms with Crippen molar-refractivity contribution in [2.24, 2.45) is 5.92 Å². The van der Waals surface area contributed by atoms with Gasteiger partial charge < -0.3 is 0 Å². The van der Waals surface area contributed by atoms with Gasteiger partial charge in [0.05, 0.1) is 0 Å². The van der Waals surface area contributed by atoms with E-state index in [4.69, 9.17) is 0 Å². The summed E-state index contributed by atoms with van der Waals surface area (Å²) in [7, 11) is 0. The minimum atomic E-state index is 0.177. The highest BCUT2D eigenvalue weighted by Crippen LogP contribution is 2.18. The highest BCUT2D eigenvalue weighted by atomic mass is 16.1. The molecule has 1 atom stereocenters. The van der Waals surface area contributed by atoms with E-state index in [9.17, 15) is 4.79 Å². The summed E-state index contributed by atoms with van der Waals surface area (Å²) >= 11 is 0. The second-order valence-corrected chi connectivity index (χ2v) is 2.98. The van der Waals surface area contributed by atoms with Gasteiger partial charge in [-0.25, -0.2) is 0 Å². The van der Waals surface area contributed by atoms with Crippen molar-refractivity contribution in [2.75, 3.05) is 0 Å². The highest BCUT2D eigenvalue weighted by molar-refractivity contribution is 5.96. The van der Waals surface area contributed by atoms with Crippen LogP contribution in [0, 0.1) is 5.92 Å². The molecule has 0 aromatic rings. The van der Waals surface area contributed by atoms with Crippen molar-refractivity contribution in [3.63, 3.8) is 0 Å². The Labute approximate surface area is 67.8 Å². The minimum Gasteiger partial charge on any atom is -0.295 e. The molecule has 60 valence electrons. The zero-order valence-corrected chi connectivity index (χ0v) is 7.13. The van der Waals surface area contributed by atoms with E-state index in [1.165, 1.54) is 0 Å². The van der Waals surface area contributed by atoms with Gasteiger partial charge in [0.25, 0.3) is 0 Å². The molecule has 0 aromatic heterocycles. The summed E-state index contributed by atoms with van der Waals surface area (Å²) in [5, 5.41) is 0. The zero-order chi connectivity index (χ0) is 8.27. The maximum Gasteiger partial charge on any atom is 0.159 e. The van der Waals surface area contributed by atoms with Gasteiger partial charge in [0.1, 0.15) is 0 Å². The molecule has 0 aromatic carbocycles. The maximum absolute atomic E-state index is 10.9. The Morgan fingerprint density at radius 2 is 2.45 bits per heavy atom. The molecular weight excluding hydrogens is 136 g/mol. The third kappa shape index (κ3) is 2.04. The van der Waals surface area contributed by atoms with Crippen LogP contribution < -0.4 is 0 Å². The van der Waals surface area contributed by atoms with Gasteiger partial charge in [-0.2, -0.15) is 0 Å². The summed E-state index contributed by atoms with van der Waals surface area (Å²) in [4.78, 5) is 10.9. The first-order chi connectivity index (χ1) is 5.24. The number of rotatable bonds is 2. The number of allylic oxidation sites excluding steroid dienone is 4. The van der Waals surface area contributed by atoms with Crippen molar-refractivity contribution in [3.8, 4) is 0 Å². The second kappa shape index (κ2) is 3.51. The molecule has 0 radical (unpaired) electrons. The molecule has 1 aliphatic carbocycles. The monoisotopic (exact) mass is 150 g/mol. The number of ketones is 1. The molecule has 0 spiro atoms. The van der Waals surface area contributed by atoms with Gasteiger partial charge in [-0.15, -0.1) is 0 Å². The maximum atomic E-state index is 10.9. The second-order valence-electron chi connectivity index (χ2n) is 2.98. The van der Waals surface area contributed by atoms with Crippen LogP contribution in [0.1, 0.15) is 26.7 Å². The summed E-state index contributed by atoms with van der Waals surface area (Å²) in [6, 6.07) is 0. The van der Waals surface area contributed by atoms with Gasteiger partial charge in [-0.1, -0.05) is 25.2 Å². The van der Waals surface area contributed by atoms with Crippen LogP contribution in [-0.4, -0.2) is 5.78 Å². The molecule has 1 rings (SSSR count). The first-order valence-electron chi connectivity index (χ1n) is 4.13. The van der Waals surface area contributed by atoms with Crippen LogP contribution >= 0.6 is 0 Å². The van der Waals surface area contributed by atoms with E-state index in [-0.39, 0.29) is 5.78 Å². The number of hydrogen-bond donors (Lipinski definition) is 0. The van der Waals surface area contributed by atoms with Crippen molar-refractivity contribution in [2.45, 2.75) is 26.7 Å². The number of hydrogen-bond acceptors (Lipinski definition) is 1. The van der Waals surface area contributed by atoms with Crippen LogP contribution in [0.15, 0.2) is 23.8 Å². The number of carbonyl (C=O) groups is 1. The lowest BCUT2D eigenvalue weighted by Crippen LogP contribution is -2.02. The Bertz CT molecular complexity index is 211. The SMILES string of the molecule is CCC1C=CC(C(C)=O)=CC1. The van der Waals surface area contributed by atoms with Crippen molar-refractivity contribution < 1.29 is 4.79 Å². The third-order valence-electron chi connectivity index (χ3n) is 2.12. The molecule has 0 amide bonds. The van der Waals surface area contributed by atoms with E-state index in [1.807, 2.05) is 12.2 Å². The summed E-state index contributed by atoms with van der Waals surface area (Å²) in [5.41, 5.74) is 0.870. The Hall–Kier alpha value is -0.850. The van der Waals surface area contributed by atoms with Gasteiger partial charge in [-0.05, 0) is 25.7 Å². The standard InChI is InChI=1S/C10H14O/c1-3-9-4-6-10(7-5-9)8(2)11/h4,6-7,9H,3,5H2,1-2H3.